The maximum atomic E-state index is 5.69. The molecule has 0 aliphatic carbocycles. The quantitative estimate of drug-likeness (QED) is 0.783. The highest BCUT2D eigenvalue weighted by Gasteiger charge is 2.15. The molecular weight excluding hydrogens is 212 g/mol. The van der Waals surface area contributed by atoms with E-state index in [4.69, 9.17) is 9.47 Å². The number of ether oxygens (including phenoxy) is 2. The van der Waals surface area contributed by atoms with Gasteiger partial charge >= 0.3 is 0 Å². The Morgan fingerprint density at radius 1 is 1.24 bits per heavy atom. The number of methoxy groups -OCH3 is 1. The van der Waals surface area contributed by atoms with Crippen LogP contribution < -0.4 is 0 Å². The molecule has 17 heavy (non-hydrogen) atoms. The molecule has 0 N–H and O–H groups in total. The van der Waals surface area contributed by atoms with Crippen molar-refractivity contribution in [2.75, 3.05) is 7.11 Å². The second kappa shape index (κ2) is 5.58. The number of rotatable bonds is 4. The summed E-state index contributed by atoms with van der Waals surface area (Å²) in [5.74, 6) is 1.67. The number of benzene rings is 1. The van der Waals surface area contributed by atoms with Crippen molar-refractivity contribution in [1.29, 1.82) is 0 Å². The lowest BCUT2D eigenvalue weighted by molar-refractivity contribution is 0.0896. The summed E-state index contributed by atoms with van der Waals surface area (Å²) < 4.78 is 11.0. The predicted octanol–water partition coefficient (Wildman–Crippen LogP) is 3.80. The average molecular weight is 230 g/mol. The van der Waals surface area contributed by atoms with E-state index in [1.165, 1.54) is 11.1 Å². The van der Waals surface area contributed by atoms with Crippen LogP contribution in [0.1, 0.15) is 25.3 Å². The third-order valence-corrected chi connectivity index (χ3v) is 2.88. The van der Waals surface area contributed by atoms with Gasteiger partial charge in [0.25, 0.3) is 5.95 Å². The largest absolute Gasteiger partial charge is 0.468 e. The van der Waals surface area contributed by atoms with Crippen molar-refractivity contribution < 1.29 is 9.47 Å². The van der Waals surface area contributed by atoms with Crippen molar-refractivity contribution in [3.8, 4) is 0 Å². The van der Waals surface area contributed by atoms with E-state index >= 15 is 0 Å². The van der Waals surface area contributed by atoms with E-state index in [1.54, 1.807) is 7.11 Å². The van der Waals surface area contributed by atoms with Crippen LogP contribution in [0.5, 0.6) is 0 Å². The van der Waals surface area contributed by atoms with Crippen LogP contribution in [0.2, 0.25) is 0 Å². The zero-order valence-corrected chi connectivity index (χ0v) is 10.4. The topological polar surface area (TPSA) is 18.5 Å². The van der Waals surface area contributed by atoms with Crippen molar-refractivity contribution in [1.82, 2.24) is 0 Å². The highest BCUT2D eigenvalue weighted by atomic mass is 16.7. The molecule has 1 aromatic rings. The highest BCUT2D eigenvalue weighted by Crippen LogP contribution is 2.26. The maximum absolute atomic E-state index is 5.69. The normalized spacial score (nSPS) is 15.3. The zero-order valence-electron chi connectivity index (χ0n) is 10.4. The van der Waals surface area contributed by atoms with E-state index in [-0.39, 0.29) is 0 Å². The van der Waals surface area contributed by atoms with Gasteiger partial charge in [-0.25, -0.2) is 0 Å². The first-order valence-electron chi connectivity index (χ1n) is 6.00. The highest BCUT2D eigenvalue weighted by molar-refractivity contribution is 5.26. The van der Waals surface area contributed by atoms with Gasteiger partial charge in [-0.3, -0.25) is 0 Å². The summed E-state index contributed by atoms with van der Waals surface area (Å²) in [6.07, 6.45) is 4.85. The minimum absolute atomic E-state index is 0.674. The smallest absolute Gasteiger partial charge is 0.283 e. The first-order chi connectivity index (χ1) is 8.33. The van der Waals surface area contributed by atoms with Crippen molar-refractivity contribution >= 4 is 0 Å². The molecule has 0 fully saturated rings. The summed E-state index contributed by atoms with van der Waals surface area (Å²) in [6.45, 7) is 2.08. The van der Waals surface area contributed by atoms with Crippen LogP contribution in [0, 0.1) is 0 Å². The standard InChI is InChI=1S/C15H18O2/c1-3-14-10-9-13(15(16-2)17-14)11-12-7-5-4-6-8-12/h4-8,10H,3,9,11H2,1-2H3. The second-order valence-electron chi connectivity index (χ2n) is 4.09. The van der Waals surface area contributed by atoms with Crippen molar-refractivity contribution in [3.63, 3.8) is 0 Å². The third-order valence-electron chi connectivity index (χ3n) is 2.88. The average Bonchev–Trinajstić information content (AvgIpc) is 2.40. The molecule has 0 amide bonds. The Morgan fingerprint density at radius 3 is 2.65 bits per heavy atom. The van der Waals surface area contributed by atoms with Crippen LogP contribution in [0.4, 0.5) is 0 Å². The van der Waals surface area contributed by atoms with Crippen LogP contribution in [0.3, 0.4) is 0 Å². The van der Waals surface area contributed by atoms with Gasteiger partial charge in [-0.1, -0.05) is 37.3 Å². The molecule has 1 heterocycles. The molecule has 0 radical (unpaired) electrons. The van der Waals surface area contributed by atoms with E-state index in [0.717, 1.165) is 25.0 Å². The van der Waals surface area contributed by atoms with Gasteiger partial charge in [0.15, 0.2) is 0 Å². The molecule has 0 bridgehead atoms. The Balaban J connectivity index is 2.12. The van der Waals surface area contributed by atoms with Crippen molar-refractivity contribution in [2.24, 2.45) is 0 Å². The minimum atomic E-state index is 0.674. The fourth-order valence-electron chi connectivity index (χ4n) is 1.94. The van der Waals surface area contributed by atoms with Crippen LogP contribution in [0.25, 0.3) is 0 Å². The van der Waals surface area contributed by atoms with Gasteiger partial charge in [-0.15, -0.1) is 0 Å². The molecule has 0 aromatic heterocycles. The van der Waals surface area contributed by atoms with Crippen molar-refractivity contribution in [2.45, 2.75) is 26.2 Å². The molecular formula is C15H18O2. The van der Waals surface area contributed by atoms with Gasteiger partial charge in [0.05, 0.1) is 7.11 Å². The molecule has 1 aromatic carbocycles. The van der Waals surface area contributed by atoms with E-state index in [9.17, 15) is 0 Å². The van der Waals surface area contributed by atoms with Gasteiger partial charge in [-0.2, -0.15) is 0 Å². The lowest BCUT2D eigenvalue weighted by Gasteiger charge is -2.19. The van der Waals surface area contributed by atoms with E-state index in [0.29, 0.717) is 5.95 Å². The van der Waals surface area contributed by atoms with E-state index < -0.39 is 0 Å². The summed E-state index contributed by atoms with van der Waals surface area (Å²) in [5, 5.41) is 0. The Hall–Kier alpha value is -1.70. The van der Waals surface area contributed by atoms with Gasteiger partial charge in [-0.05, 0) is 18.1 Å². The van der Waals surface area contributed by atoms with Crippen LogP contribution in [-0.2, 0) is 15.9 Å². The Morgan fingerprint density at radius 2 is 2.00 bits per heavy atom. The van der Waals surface area contributed by atoms with Gasteiger partial charge in [0, 0.05) is 18.4 Å². The lowest BCUT2D eigenvalue weighted by Crippen LogP contribution is -2.07. The number of hydrogen-bond acceptors (Lipinski definition) is 2. The molecule has 0 saturated carbocycles. The minimum Gasteiger partial charge on any atom is -0.468 e. The monoisotopic (exact) mass is 230 g/mol. The van der Waals surface area contributed by atoms with Gasteiger partial charge in [0.2, 0.25) is 0 Å². The molecule has 0 unspecified atom stereocenters. The maximum Gasteiger partial charge on any atom is 0.283 e. The Bertz CT molecular complexity index is 429. The van der Waals surface area contributed by atoms with Crippen LogP contribution in [0.15, 0.2) is 53.7 Å². The molecule has 0 saturated heterocycles. The van der Waals surface area contributed by atoms with Crippen molar-refractivity contribution in [3.05, 3.63) is 59.2 Å². The van der Waals surface area contributed by atoms with Crippen LogP contribution in [-0.4, -0.2) is 7.11 Å². The SMILES string of the molecule is CCC1=CCC(Cc2ccccc2)=C(OC)O1. The van der Waals surface area contributed by atoms with Crippen LogP contribution >= 0.6 is 0 Å². The zero-order chi connectivity index (χ0) is 12.1. The molecule has 1 aliphatic rings. The summed E-state index contributed by atoms with van der Waals surface area (Å²) in [6, 6.07) is 10.4. The summed E-state index contributed by atoms with van der Waals surface area (Å²) in [7, 11) is 1.67. The molecule has 2 heteroatoms. The van der Waals surface area contributed by atoms with E-state index in [2.05, 4.69) is 37.3 Å². The first kappa shape index (κ1) is 11.8. The third kappa shape index (κ3) is 2.90. The van der Waals surface area contributed by atoms with Gasteiger partial charge in [0.1, 0.15) is 5.76 Å². The predicted molar refractivity (Wildman–Crippen MR) is 68.3 cm³/mol. The molecule has 2 rings (SSSR count). The second-order valence-corrected chi connectivity index (χ2v) is 4.09. The number of hydrogen-bond donors (Lipinski definition) is 0. The number of allylic oxidation sites excluding steroid dienone is 3. The molecule has 1 aliphatic heterocycles. The Kier molecular flexibility index (Phi) is 3.86. The summed E-state index contributed by atoms with van der Waals surface area (Å²) in [5.41, 5.74) is 2.49. The molecule has 2 nitrogen and oxygen atoms in total. The van der Waals surface area contributed by atoms with Gasteiger partial charge < -0.3 is 9.47 Å². The Labute approximate surface area is 103 Å². The molecule has 90 valence electrons. The summed E-state index contributed by atoms with van der Waals surface area (Å²) >= 11 is 0. The fourth-order valence-corrected chi connectivity index (χ4v) is 1.94. The molecule has 0 spiro atoms. The van der Waals surface area contributed by atoms with E-state index in [1.807, 2.05) is 6.07 Å². The molecule has 0 atom stereocenters. The first-order valence-corrected chi connectivity index (χ1v) is 6.00. The lowest BCUT2D eigenvalue weighted by atomic mass is 10.0. The summed E-state index contributed by atoms with van der Waals surface area (Å²) in [4.78, 5) is 0. The fraction of sp³-hybridized carbons (Fsp3) is 0.333.